The van der Waals surface area contributed by atoms with Crippen molar-refractivity contribution in [2.24, 2.45) is 0 Å². The van der Waals surface area contributed by atoms with Gasteiger partial charge >= 0.3 is 0 Å². The average Bonchev–Trinajstić information content (AvgIpc) is 3.13. The molecule has 0 radical (unpaired) electrons. The van der Waals surface area contributed by atoms with Crippen LogP contribution in [0.25, 0.3) is 0 Å². The molecule has 1 aliphatic rings. The number of aromatic nitrogens is 4. The SMILES string of the molecule is O=C(CCNc1ncccn1)NC1CCCc2c1cnn2Cc1ccccc1. The lowest BCUT2D eigenvalue weighted by Gasteiger charge is -2.24. The largest absolute Gasteiger partial charge is 0.354 e. The van der Waals surface area contributed by atoms with E-state index in [0.717, 1.165) is 31.4 Å². The van der Waals surface area contributed by atoms with Crippen LogP contribution in [0.3, 0.4) is 0 Å². The Morgan fingerprint density at radius 3 is 2.79 bits per heavy atom. The summed E-state index contributed by atoms with van der Waals surface area (Å²) in [7, 11) is 0. The summed E-state index contributed by atoms with van der Waals surface area (Å²) in [5, 5.41) is 10.8. The van der Waals surface area contributed by atoms with E-state index < -0.39 is 0 Å². The highest BCUT2D eigenvalue weighted by atomic mass is 16.1. The first kappa shape index (κ1) is 18.2. The van der Waals surface area contributed by atoms with Gasteiger partial charge in [0.05, 0.1) is 18.8 Å². The minimum absolute atomic E-state index is 0.0251. The smallest absolute Gasteiger partial charge is 0.222 e. The van der Waals surface area contributed by atoms with Gasteiger partial charge in [-0.3, -0.25) is 9.48 Å². The Morgan fingerprint density at radius 2 is 1.96 bits per heavy atom. The fraction of sp³-hybridized carbons (Fsp3) is 0.333. The van der Waals surface area contributed by atoms with Gasteiger partial charge in [0, 0.05) is 36.6 Å². The highest BCUT2D eigenvalue weighted by molar-refractivity contribution is 5.77. The summed E-state index contributed by atoms with van der Waals surface area (Å²) < 4.78 is 2.07. The van der Waals surface area contributed by atoms with Gasteiger partial charge in [-0.2, -0.15) is 5.10 Å². The van der Waals surface area contributed by atoms with E-state index in [9.17, 15) is 4.79 Å². The number of carbonyl (C=O) groups excluding carboxylic acids is 1. The van der Waals surface area contributed by atoms with Crippen LogP contribution in [-0.2, 0) is 17.8 Å². The Hall–Kier alpha value is -3.22. The monoisotopic (exact) mass is 376 g/mol. The molecule has 3 aromatic rings. The average molecular weight is 376 g/mol. The van der Waals surface area contributed by atoms with Gasteiger partial charge in [-0.15, -0.1) is 0 Å². The van der Waals surface area contributed by atoms with Crippen molar-refractivity contribution in [3.05, 3.63) is 71.8 Å². The molecule has 0 fully saturated rings. The summed E-state index contributed by atoms with van der Waals surface area (Å²) in [6, 6.07) is 12.1. The highest BCUT2D eigenvalue weighted by Gasteiger charge is 2.25. The summed E-state index contributed by atoms with van der Waals surface area (Å²) in [4.78, 5) is 20.6. The van der Waals surface area contributed by atoms with E-state index in [4.69, 9.17) is 0 Å². The van der Waals surface area contributed by atoms with E-state index in [1.54, 1.807) is 18.5 Å². The zero-order chi connectivity index (χ0) is 19.2. The molecule has 1 aliphatic carbocycles. The van der Waals surface area contributed by atoms with Crippen LogP contribution in [-0.4, -0.2) is 32.2 Å². The fourth-order valence-corrected chi connectivity index (χ4v) is 3.61. The first-order chi connectivity index (χ1) is 13.8. The molecule has 0 bridgehead atoms. The van der Waals surface area contributed by atoms with Crippen LogP contribution in [0.4, 0.5) is 5.95 Å². The van der Waals surface area contributed by atoms with Crippen LogP contribution >= 0.6 is 0 Å². The molecule has 1 atom stereocenters. The minimum atomic E-state index is 0.0251. The molecule has 2 N–H and O–H groups in total. The van der Waals surface area contributed by atoms with Crippen molar-refractivity contribution in [2.45, 2.75) is 38.3 Å². The summed E-state index contributed by atoms with van der Waals surface area (Å²) in [5.74, 6) is 0.564. The van der Waals surface area contributed by atoms with Gasteiger partial charge in [0.25, 0.3) is 0 Å². The Labute approximate surface area is 164 Å². The zero-order valence-electron chi connectivity index (χ0n) is 15.7. The zero-order valence-corrected chi connectivity index (χ0v) is 15.7. The van der Waals surface area contributed by atoms with Gasteiger partial charge in [-0.1, -0.05) is 30.3 Å². The van der Waals surface area contributed by atoms with Crippen molar-refractivity contribution in [2.75, 3.05) is 11.9 Å². The van der Waals surface area contributed by atoms with E-state index >= 15 is 0 Å². The van der Waals surface area contributed by atoms with Crippen molar-refractivity contribution in [3.8, 4) is 0 Å². The fourth-order valence-electron chi connectivity index (χ4n) is 3.61. The second kappa shape index (κ2) is 8.65. The molecule has 4 rings (SSSR count). The molecule has 1 aromatic carbocycles. The molecule has 2 aromatic heterocycles. The molecule has 2 heterocycles. The van der Waals surface area contributed by atoms with Gasteiger partial charge < -0.3 is 10.6 Å². The van der Waals surface area contributed by atoms with Crippen molar-refractivity contribution >= 4 is 11.9 Å². The van der Waals surface area contributed by atoms with Gasteiger partial charge in [-0.05, 0) is 30.9 Å². The number of fused-ring (bicyclic) bond motifs is 1. The van der Waals surface area contributed by atoms with Gasteiger partial charge in [-0.25, -0.2) is 9.97 Å². The number of nitrogens with zero attached hydrogens (tertiary/aromatic N) is 4. The standard InChI is InChI=1S/C21H24N6O/c28-20(10-13-24-21-22-11-5-12-23-21)26-18-8-4-9-19-17(18)14-25-27(19)15-16-6-2-1-3-7-16/h1-3,5-7,11-12,14,18H,4,8-10,13,15H2,(H,26,28)(H,22,23,24). The molecule has 1 amide bonds. The van der Waals surface area contributed by atoms with Crippen LogP contribution in [0, 0.1) is 0 Å². The number of hydrogen-bond donors (Lipinski definition) is 2. The van der Waals surface area contributed by atoms with Crippen LogP contribution in [0.5, 0.6) is 0 Å². The van der Waals surface area contributed by atoms with Crippen LogP contribution in [0.1, 0.15) is 42.1 Å². The second-order valence-electron chi connectivity index (χ2n) is 6.95. The molecule has 144 valence electrons. The van der Waals surface area contributed by atoms with Gasteiger partial charge in [0.15, 0.2) is 0 Å². The number of anilines is 1. The van der Waals surface area contributed by atoms with E-state index in [2.05, 4.69) is 42.5 Å². The highest BCUT2D eigenvalue weighted by Crippen LogP contribution is 2.30. The predicted molar refractivity (Wildman–Crippen MR) is 107 cm³/mol. The Balaban J connectivity index is 1.35. The summed E-state index contributed by atoms with van der Waals surface area (Å²) in [6.45, 7) is 1.26. The van der Waals surface area contributed by atoms with Crippen molar-refractivity contribution in [3.63, 3.8) is 0 Å². The van der Waals surface area contributed by atoms with Crippen molar-refractivity contribution in [1.82, 2.24) is 25.1 Å². The van der Waals surface area contributed by atoms with E-state index in [-0.39, 0.29) is 11.9 Å². The van der Waals surface area contributed by atoms with E-state index in [1.165, 1.54) is 11.3 Å². The number of rotatable bonds is 7. The number of hydrogen-bond acceptors (Lipinski definition) is 5. The molecule has 7 nitrogen and oxygen atoms in total. The van der Waals surface area contributed by atoms with Gasteiger partial charge in [0.1, 0.15) is 0 Å². The Morgan fingerprint density at radius 1 is 1.14 bits per heavy atom. The van der Waals surface area contributed by atoms with Gasteiger partial charge in [0.2, 0.25) is 11.9 Å². The third kappa shape index (κ3) is 4.36. The van der Waals surface area contributed by atoms with E-state index in [1.807, 2.05) is 24.4 Å². The van der Waals surface area contributed by atoms with Crippen molar-refractivity contribution in [1.29, 1.82) is 0 Å². The molecule has 7 heteroatoms. The molecule has 0 saturated carbocycles. The summed E-state index contributed by atoms with van der Waals surface area (Å²) in [6.07, 6.45) is 8.64. The second-order valence-corrected chi connectivity index (χ2v) is 6.95. The van der Waals surface area contributed by atoms with Crippen LogP contribution in [0.15, 0.2) is 55.0 Å². The maximum absolute atomic E-state index is 12.4. The summed E-state index contributed by atoms with van der Waals surface area (Å²) >= 11 is 0. The quantitative estimate of drug-likeness (QED) is 0.662. The van der Waals surface area contributed by atoms with Crippen LogP contribution in [0.2, 0.25) is 0 Å². The first-order valence-electron chi connectivity index (χ1n) is 9.68. The maximum atomic E-state index is 12.4. The number of nitrogens with one attached hydrogen (secondary N) is 2. The minimum Gasteiger partial charge on any atom is -0.354 e. The molecular weight excluding hydrogens is 352 g/mol. The predicted octanol–water partition coefficient (Wildman–Crippen LogP) is 2.72. The lowest BCUT2D eigenvalue weighted by Crippen LogP contribution is -2.32. The van der Waals surface area contributed by atoms with Crippen molar-refractivity contribution < 1.29 is 4.79 Å². The maximum Gasteiger partial charge on any atom is 0.222 e. The molecule has 1 unspecified atom stereocenters. The normalized spacial score (nSPS) is 15.6. The third-order valence-electron chi connectivity index (χ3n) is 4.97. The molecule has 0 aliphatic heterocycles. The summed E-state index contributed by atoms with van der Waals surface area (Å²) in [5.41, 5.74) is 3.61. The molecule has 0 spiro atoms. The van der Waals surface area contributed by atoms with E-state index in [0.29, 0.717) is 18.9 Å². The Bertz CT molecular complexity index is 909. The molecular formula is C21H24N6O. The number of benzene rings is 1. The lowest BCUT2D eigenvalue weighted by molar-refractivity contribution is -0.121. The molecule has 0 saturated heterocycles. The Kier molecular flexibility index (Phi) is 5.61. The number of amides is 1. The van der Waals surface area contributed by atoms with Crippen LogP contribution < -0.4 is 10.6 Å². The molecule has 28 heavy (non-hydrogen) atoms. The topological polar surface area (TPSA) is 84.7 Å². The lowest BCUT2D eigenvalue weighted by atomic mass is 9.92. The third-order valence-corrected chi connectivity index (χ3v) is 4.97. The number of carbonyl (C=O) groups is 1. The first-order valence-corrected chi connectivity index (χ1v) is 9.68.